The van der Waals surface area contributed by atoms with Gasteiger partial charge in [0.2, 0.25) is 0 Å². The number of rotatable bonds is 2. The van der Waals surface area contributed by atoms with E-state index in [2.05, 4.69) is 38.4 Å². The van der Waals surface area contributed by atoms with E-state index in [1.165, 1.54) is 4.88 Å². The Morgan fingerprint density at radius 3 is 3.00 bits per heavy atom. The highest BCUT2D eigenvalue weighted by Gasteiger charge is 2.09. The lowest BCUT2D eigenvalue weighted by Crippen LogP contribution is -1.97. The van der Waals surface area contributed by atoms with Crippen LogP contribution in [0.5, 0.6) is 0 Å². The number of nitrogens with zero attached hydrogens (tertiary/aromatic N) is 2. The molecule has 0 spiro atoms. The average Bonchev–Trinajstić information content (AvgIpc) is 2.94. The van der Waals surface area contributed by atoms with Gasteiger partial charge in [-0.25, -0.2) is 0 Å². The molecule has 2 aromatic heterocycles. The van der Waals surface area contributed by atoms with Crippen LogP contribution in [0, 0.1) is 16.1 Å². The molecule has 3 aromatic rings. The molecule has 0 saturated carbocycles. The zero-order valence-corrected chi connectivity index (χ0v) is 12.9. The van der Waals surface area contributed by atoms with Gasteiger partial charge in [0.05, 0.1) is 23.1 Å². The Morgan fingerprint density at radius 2 is 2.32 bits per heavy atom. The van der Waals surface area contributed by atoms with Gasteiger partial charge >= 0.3 is 0 Å². The zero-order valence-electron chi connectivity index (χ0n) is 9.68. The monoisotopic (exact) mass is 349 g/mol. The Kier molecular flexibility index (Phi) is 3.27. The minimum Gasteiger partial charge on any atom is -0.329 e. The molecule has 0 aliphatic heterocycles. The van der Waals surface area contributed by atoms with Crippen molar-refractivity contribution in [1.82, 2.24) is 9.55 Å². The van der Waals surface area contributed by atoms with Crippen LogP contribution >= 0.6 is 39.5 Å². The predicted molar refractivity (Wildman–Crippen MR) is 83.0 cm³/mol. The largest absolute Gasteiger partial charge is 0.329 e. The molecule has 1 N–H and O–H groups in total. The highest BCUT2D eigenvalue weighted by atomic mass is 79.9. The van der Waals surface area contributed by atoms with Crippen molar-refractivity contribution in [2.75, 3.05) is 0 Å². The summed E-state index contributed by atoms with van der Waals surface area (Å²) in [4.78, 5) is 4.34. The fraction of sp³-hybridized carbons (Fsp3) is 0.0769. The molecular formula is C13H8BrN3S2. The van der Waals surface area contributed by atoms with Crippen molar-refractivity contribution in [1.29, 1.82) is 5.26 Å². The van der Waals surface area contributed by atoms with Gasteiger partial charge in [-0.1, -0.05) is 6.07 Å². The number of nitrogens with one attached hydrogen (secondary N) is 1. The summed E-state index contributed by atoms with van der Waals surface area (Å²) >= 11 is 10.5. The second-order valence-electron chi connectivity index (χ2n) is 4.06. The van der Waals surface area contributed by atoms with E-state index in [1.54, 1.807) is 17.4 Å². The molecule has 0 bridgehead atoms. The van der Waals surface area contributed by atoms with Crippen LogP contribution in [0.15, 0.2) is 34.1 Å². The maximum Gasteiger partial charge on any atom is 0.178 e. The minimum absolute atomic E-state index is 0.620. The van der Waals surface area contributed by atoms with Gasteiger partial charge < -0.3 is 9.55 Å². The number of hydrogen-bond acceptors (Lipinski definition) is 3. The SMILES string of the molecule is N#Cc1cccc2c1[nH]c(=S)n2Cc1cc(Br)cs1. The fourth-order valence-electron chi connectivity index (χ4n) is 2.02. The molecule has 0 unspecified atom stereocenters. The number of aromatic nitrogens is 2. The maximum absolute atomic E-state index is 9.11. The van der Waals surface area contributed by atoms with Gasteiger partial charge in [0.25, 0.3) is 0 Å². The molecule has 6 heteroatoms. The van der Waals surface area contributed by atoms with Gasteiger partial charge in [0.1, 0.15) is 6.07 Å². The van der Waals surface area contributed by atoms with Crippen molar-refractivity contribution in [3.8, 4) is 6.07 Å². The summed E-state index contributed by atoms with van der Waals surface area (Å²) in [5.74, 6) is 0. The van der Waals surface area contributed by atoms with Crippen LogP contribution in [0.3, 0.4) is 0 Å². The molecule has 1 aromatic carbocycles. The van der Waals surface area contributed by atoms with Gasteiger partial charge in [-0.05, 0) is 46.3 Å². The number of halogens is 1. The van der Waals surface area contributed by atoms with Crippen LogP contribution < -0.4 is 0 Å². The molecule has 0 amide bonds. The molecule has 0 fully saturated rings. The second kappa shape index (κ2) is 4.93. The highest BCUT2D eigenvalue weighted by molar-refractivity contribution is 9.10. The lowest BCUT2D eigenvalue weighted by atomic mass is 10.2. The molecule has 3 nitrogen and oxygen atoms in total. The number of para-hydroxylation sites is 1. The number of benzene rings is 1. The third kappa shape index (κ3) is 2.25. The molecule has 0 atom stereocenters. The van der Waals surface area contributed by atoms with Crippen LogP contribution in [0.4, 0.5) is 0 Å². The number of hydrogen-bond donors (Lipinski definition) is 1. The third-order valence-electron chi connectivity index (χ3n) is 2.87. The first-order valence-electron chi connectivity index (χ1n) is 5.53. The quantitative estimate of drug-likeness (QED) is 0.695. The van der Waals surface area contributed by atoms with Crippen LogP contribution in [0.2, 0.25) is 0 Å². The second-order valence-corrected chi connectivity index (χ2v) is 6.36. The summed E-state index contributed by atoms with van der Waals surface area (Å²) < 4.78 is 3.74. The van der Waals surface area contributed by atoms with E-state index < -0.39 is 0 Å². The lowest BCUT2D eigenvalue weighted by Gasteiger charge is -2.02. The van der Waals surface area contributed by atoms with Gasteiger partial charge in [-0.3, -0.25) is 0 Å². The van der Waals surface area contributed by atoms with Crippen molar-refractivity contribution in [3.05, 3.63) is 49.3 Å². The summed E-state index contributed by atoms with van der Waals surface area (Å²) in [6.07, 6.45) is 0. The van der Waals surface area contributed by atoms with Gasteiger partial charge in [-0.15, -0.1) is 11.3 Å². The Hall–Kier alpha value is -1.42. The highest BCUT2D eigenvalue weighted by Crippen LogP contribution is 2.24. The Bertz CT molecular complexity index is 851. The molecule has 2 heterocycles. The van der Waals surface area contributed by atoms with E-state index >= 15 is 0 Å². The van der Waals surface area contributed by atoms with Crippen molar-refractivity contribution < 1.29 is 0 Å². The summed E-state index contributed by atoms with van der Waals surface area (Å²) in [5, 5.41) is 11.2. The normalized spacial score (nSPS) is 10.7. The first-order chi connectivity index (χ1) is 9.19. The minimum atomic E-state index is 0.620. The molecule has 0 radical (unpaired) electrons. The van der Waals surface area contributed by atoms with Crippen LogP contribution in [-0.2, 0) is 6.54 Å². The number of fused-ring (bicyclic) bond motifs is 1. The zero-order chi connectivity index (χ0) is 13.4. The van der Waals surface area contributed by atoms with Crippen LogP contribution in [0.25, 0.3) is 11.0 Å². The fourth-order valence-corrected chi connectivity index (χ4v) is 3.73. The molecular weight excluding hydrogens is 342 g/mol. The van der Waals surface area contributed by atoms with Gasteiger partial charge in [0, 0.05) is 14.7 Å². The van der Waals surface area contributed by atoms with Gasteiger partial charge in [0.15, 0.2) is 4.77 Å². The smallest absolute Gasteiger partial charge is 0.178 e. The van der Waals surface area contributed by atoms with E-state index in [-0.39, 0.29) is 0 Å². The molecule has 0 saturated heterocycles. The topological polar surface area (TPSA) is 44.5 Å². The first kappa shape index (κ1) is 12.6. The third-order valence-corrected chi connectivity index (χ3v) is 4.87. The maximum atomic E-state index is 9.11. The van der Waals surface area contributed by atoms with Crippen molar-refractivity contribution in [3.63, 3.8) is 0 Å². The van der Waals surface area contributed by atoms with E-state index in [9.17, 15) is 0 Å². The number of nitriles is 1. The number of H-pyrrole nitrogens is 1. The van der Waals surface area contributed by atoms with Crippen LogP contribution in [-0.4, -0.2) is 9.55 Å². The summed E-state index contributed by atoms with van der Waals surface area (Å²) in [6, 6.07) is 9.91. The summed E-state index contributed by atoms with van der Waals surface area (Å²) in [5.41, 5.74) is 2.40. The Labute approximate surface area is 127 Å². The van der Waals surface area contributed by atoms with Crippen molar-refractivity contribution in [2.45, 2.75) is 6.54 Å². The van der Waals surface area contributed by atoms with Crippen LogP contribution in [0.1, 0.15) is 10.4 Å². The van der Waals surface area contributed by atoms with E-state index in [0.29, 0.717) is 16.9 Å². The molecule has 0 aliphatic carbocycles. The summed E-state index contributed by atoms with van der Waals surface area (Å²) in [7, 11) is 0. The first-order valence-corrected chi connectivity index (χ1v) is 7.61. The molecule has 0 aliphatic rings. The molecule has 3 rings (SSSR count). The Balaban J connectivity index is 2.17. The van der Waals surface area contributed by atoms with Gasteiger partial charge in [-0.2, -0.15) is 5.26 Å². The lowest BCUT2D eigenvalue weighted by molar-refractivity contribution is 0.823. The summed E-state index contributed by atoms with van der Waals surface area (Å²) in [6.45, 7) is 0.712. The number of thiophene rings is 1. The van der Waals surface area contributed by atoms with E-state index in [4.69, 9.17) is 17.5 Å². The molecule has 19 heavy (non-hydrogen) atoms. The molecule has 94 valence electrons. The number of imidazole rings is 1. The standard InChI is InChI=1S/C13H8BrN3S2/c14-9-4-10(19-7-9)6-17-11-3-1-2-8(5-15)12(11)16-13(17)18/h1-4,7H,6H2,(H,16,18). The predicted octanol–water partition coefficient (Wildman–Crippen LogP) is 4.44. The number of aromatic amines is 1. The van der Waals surface area contributed by atoms with E-state index in [1.807, 2.05) is 16.7 Å². The van der Waals surface area contributed by atoms with Crippen molar-refractivity contribution in [2.24, 2.45) is 0 Å². The Morgan fingerprint density at radius 1 is 1.47 bits per heavy atom. The van der Waals surface area contributed by atoms with Crippen molar-refractivity contribution >= 4 is 50.5 Å². The average molecular weight is 350 g/mol. The van der Waals surface area contributed by atoms with E-state index in [0.717, 1.165) is 15.5 Å².